The minimum atomic E-state index is -1.42. The summed E-state index contributed by atoms with van der Waals surface area (Å²) in [5, 5.41) is 0. The molecule has 0 unspecified atom stereocenters. The van der Waals surface area contributed by atoms with Crippen molar-refractivity contribution in [3.05, 3.63) is 58.7 Å². The zero-order chi connectivity index (χ0) is 54.2. The molecule has 0 aromatic heterocycles. The molecule has 406 valence electrons. The Morgan fingerprint density at radius 2 is 0.541 bits per heavy atom. The topological polar surface area (TPSA) is 18.5 Å². The van der Waals surface area contributed by atoms with Gasteiger partial charge in [0.1, 0.15) is 27.6 Å². The van der Waals surface area contributed by atoms with Gasteiger partial charge in [-0.25, -0.2) is 0 Å². The lowest BCUT2D eigenvalue weighted by molar-refractivity contribution is 0.303. The summed E-state index contributed by atoms with van der Waals surface area (Å²) >= 11 is 0. The second kappa shape index (κ2) is 39.2. The number of hydrogen-bond donors (Lipinski definition) is 0. The van der Waals surface area contributed by atoms with Gasteiger partial charge < -0.3 is 9.47 Å². The van der Waals surface area contributed by atoms with Crippen LogP contribution < -0.4 is 9.47 Å². The van der Waals surface area contributed by atoms with Gasteiger partial charge >= 0.3 is 0 Å². The predicted octanol–water partition coefficient (Wildman–Crippen LogP) is 19.9. The van der Waals surface area contributed by atoms with Gasteiger partial charge in [-0.1, -0.05) is 273 Å². The SMILES string of the molecule is CC(C)(C)c1ccc(OCCCCCCCCCCCCCCCCCCCCCCCCCCCCCCCCOc2ccc(C(C)(C)C)cc2C#CC#CC#C[Si](C)(C)C)c(C#CC#CC#C[Si](C)(C)C)c1. The van der Waals surface area contributed by atoms with Crippen molar-refractivity contribution in [3.8, 4) is 81.8 Å². The van der Waals surface area contributed by atoms with Crippen molar-refractivity contribution in [2.45, 2.75) is 284 Å². The summed E-state index contributed by atoms with van der Waals surface area (Å²) in [4.78, 5) is 0. The van der Waals surface area contributed by atoms with Crippen LogP contribution in [0.2, 0.25) is 39.3 Å². The van der Waals surface area contributed by atoms with E-state index in [4.69, 9.17) is 9.47 Å². The van der Waals surface area contributed by atoms with Crippen LogP contribution in [0.5, 0.6) is 11.5 Å². The molecule has 0 spiro atoms. The third-order valence-electron chi connectivity index (χ3n) is 13.4. The van der Waals surface area contributed by atoms with E-state index in [0.29, 0.717) is 0 Å². The molecule has 2 rings (SSSR count). The lowest BCUT2D eigenvalue weighted by Gasteiger charge is -2.20. The molecule has 0 aliphatic heterocycles. The summed E-state index contributed by atoms with van der Waals surface area (Å²) in [6.45, 7) is 28.2. The standard InChI is InChI=1S/C70H106O2Si2/c1-69(2,3)65-53-55-67(63(61-65)51-45-39-43-49-59-73(7,8)9)71-57-47-41-37-35-33-31-29-27-25-23-21-19-17-15-13-14-16-18-20-22-24-26-28-30-32-34-36-38-42-48-58-72-68-56-54-66(70(4,5)6)62-64(68)52-46-40-44-50-60-74(10,11)12/h53-56,61-62H,13-38,41-42,47-48,57-58H2,1-12H3. The summed E-state index contributed by atoms with van der Waals surface area (Å²) in [7, 11) is -2.83. The van der Waals surface area contributed by atoms with Crippen molar-refractivity contribution in [3.63, 3.8) is 0 Å². The largest absolute Gasteiger partial charge is 0.492 e. The van der Waals surface area contributed by atoms with Gasteiger partial charge in [-0.3, -0.25) is 0 Å². The first-order valence-corrected chi connectivity index (χ1v) is 37.0. The molecular formula is C70H106O2Si2. The van der Waals surface area contributed by atoms with Crippen molar-refractivity contribution in [2.24, 2.45) is 0 Å². The van der Waals surface area contributed by atoms with Gasteiger partial charge in [0.2, 0.25) is 0 Å². The first kappa shape index (κ1) is 65.9. The Balaban J connectivity index is 1.35. The Hall–Kier alpha value is -4.17. The van der Waals surface area contributed by atoms with Gasteiger partial charge in [0, 0.05) is 0 Å². The Kier molecular flexibility index (Phi) is 35.0. The minimum Gasteiger partial charge on any atom is -0.492 e. The quantitative estimate of drug-likeness (QED) is 0.0389. The van der Waals surface area contributed by atoms with Crippen LogP contribution in [0.3, 0.4) is 0 Å². The maximum atomic E-state index is 6.24. The van der Waals surface area contributed by atoms with Gasteiger partial charge in [0.25, 0.3) is 0 Å². The molecule has 4 heteroatoms. The monoisotopic (exact) mass is 1030 g/mol. The number of unbranched alkanes of at least 4 members (excludes halogenated alkanes) is 29. The first-order chi connectivity index (χ1) is 35.4. The molecule has 0 fully saturated rings. The average Bonchev–Trinajstić information content (AvgIpc) is 3.33. The van der Waals surface area contributed by atoms with Crippen molar-refractivity contribution in [1.82, 2.24) is 0 Å². The van der Waals surface area contributed by atoms with Crippen LogP contribution in [-0.2, 0) is 10.8 Å². The van der Waals surface area contributed by atoms with Gasteiger partial charge in [-0.2, -0.15) is 0 Å². The van der Waals surface area contributed by atoms with Crippen LogP contribution in [0.25, 0.3) is 0 Å². The summed E-state index contributed by atoms with van der Waals surface area (Å²) in [6.07, 6.45) is 41.3. The first-order valence-electron chi connectivity index (χ1n) is 30.0. The van der Waals surface area contributed by atoms with Crippen LogP contribution >= 0.6 is 0 Å². The Morgan fingerprint density at radius 1 is 0.311 bits per heavy atom. The fourth-order valence-electron chi connectivity index (χ4n) is 8.72. The van der Waals surface area contributed by atoms with Crippen LogP contribution in [0.1, 0.15) is 256 Å². The number of benzene rings is 2. The van der Waals surface area contributed by atoms with Gasteiger partial charge in [0.15, 0.2) is 0 Å². The van der Waals surface area contributed by atoms with E-state index in [2.05, 4.69) is 188 Å². The highest BCUT2D eigenvalue weighted by molar-refractivity contribution is 6.84. The molecule has 74 heavy (non-hydrogen) atoms. The zero-order valence-corrected chi connectivity index (χ0v) is 51.9. The predicted molar refractivity (Wildman–Crippen MR) is 331 cm³/mol. The molecule has 0 atom stereocenters. The van der Waals surface area contributed by atoms with Crippen molar-refractivity contribution < 1.29 is 9.47 Å². The number of rotatable bonds is 35. The Labute approximate surface area is 461 Å². The zero-order valence-electron chi connectivity index (χ0n) is 49.9. The molecule has 0 bridgehead atoms. The molecule has 2 aromatic carbocycles. The highest BCUT2D eigenvalue weighted by Gasteiger charge is 2.17. The van der Waals surface area contributed by atoms with E-state index >= 15 is 0 Å². The van der Waals surface area contributed by atoms with Crippen LogP contribution in [0.4, 0.5) is 0 Å². The van der Waals surface area contributed by atoms with E-state index < -0.39 is 16.1 Å². The summed E-state index contributed by atoms with van der Waals surface area (Å²) in [5.41, 5.74) is 11.0. The minimum absolute atomic E-state index is 0.0548. The molecule has 0 saturated carbocycles. The second-order valence-corrected chi connectivity index (χ2v) is 34.7. The summed E-state index contributed by atoms with van der Waals surface area (Å²) in [6, 6.07) is 12.9. The molecule has 0 radical (unpaired) electrons. The van der Waals surface area contributed by atoms with Crippen molar-refractivity contribution >= 4 is 16.1 Å². The molecule has 0 N–H and O–H groups in total. The lowest BCUT2D eigenvalue weighted by Crippen LogP contribution is -2.16. The highest BCUT2D eigenvalue weighted by atomic mass is 28.3. The third-order valence-corrected chi connectivity index (χ3v) is 15.1. The molecule has 2 nitrogen and oxygen atoms in total. The van der Waals surface area contributed by atoms with E-state index in [1.165, 1.54) is 191 Å². The van der Waals surface area contributed by atoms with Crippen LogP contribution in [0, 0.1) is 70.3 Å². The molecule has 2 aromatic rings. The average molecular weight is 1040 g/mol. The molecule has 0 amide bonds. The van der Waals surface area contributed by atoms with Crippen molar-refractivity contribution in [1.29, 1.82) is 0 Å². The fraction of sp³-hybridized carbons (Fsp3) is 0.657. The van der Waals surface area contributed by atoms with Crippen LogP contribution in [0.15, 0.2) is 36.4 Å². The lowest BCUT2D eigenvalue weighted by atomic mass is 9.86. The van der Waals surface area contributed by atoms with E-state index in [9.17, 15) is 0 Å². The number of hydrogen-bond acceptors (Lipinski definition) is 2. The molecular weight excluding hydrogens is 929 g/mol. The highest BCUT2D eigenvalue weighted by Crippen LogP contribution is 2.30. The maximum absolute atomic E-state index is 6.24. The summed E-state index contributed by atoms with van der Waals surface area (Å²) < 4.78 is 12.5. The number of ether oxygens (including phenoxy) is 2. The normalized spacial score (nSPS) is 11.2. The molecule has 0 aliphatic carbocycles. The second-order valence-electron chi connectivity index (χ2n) is 25.2. The van der Waals surface area contributed by atoms with Gasteiger partial charge in [-0.15, -0.1) is 11.1 Å². The van der Waals surface area contributed by atoms with Crippen LogP contribution in [-0.4, -0.2) is 29.4 Å². The van der Waals surface area contributed by atoms with E-state index in [0.717, 1.165) is 48.7 Å². The van der Waals surface area contributed by atoms with Gasteiger partial charge in [0.05, 0.1) is 24.3 Å². The summed E-state index contributed by atoms with van der Waals surface area (Å²) in [5.74, 6) is 31.9. The van der Waals surface area contributed by atoms with E-state index in [1.807, 2.05) is 0 Å². The maximum Gasteiger partial charge on any atom is 0.134 e. The smallest absolute Gasteiger partial charge is 0.134 e. The Morgan fingerprint density at radius 3 is 0.770 bits per heavy atom. The van der Waals surface area contributed by atoms with Crippen molar-refractivity contribution in [2.75, 3.05) is 13.2 Å². The Bertz CT molecular complexity index is 2070. The third kappa shape index (κ3) is 36.7. The van der Waals surface area contributed by atoms with E-state index in [-0.39, 0.29) is 10.8 Å². The van der Waals surface area contributed by atoms with E-state index in [1.54, 1.807) is 0 Å². The van der Waals surface area contributed by atoms with Gasteiger partial charge in [-0.05, 0) is 118 Å². The molecule has 0 aliphatic rings. The molecule has 0 heterocycles. The molecule has 0 saturated heterocycles. The fourth-order valence-corrected chi connectivity index (χ4v) is 9.59.